The van der Waals surface area contributed by atoms with Crippen molar-refractivity contribution in [2.75, 3.05) is 0 Å². The summed E-state index contributed by atoms with van der Waals surface area (Å²) in [7, 11) is 0. The Labute approximate surface area is 194 Å². The van der Waals surface area contributed by atoms with Crippen LogP contribution in [-0.2, 0) is 0 Å². The summed E-state index contributed by atoms with van der Waals surface area (Å²) in [4.78, 5) is 0. The van der Waals surface area contributed by atoms with E-state index in [1.807, 2.05) is 0 Å². The molecule has 0 saturated heterocycles. The molecule has 0 N–H and O–H groups in total. The molecule has 0 aliphatic carbocycles. The highest BCUT2D eigenvalue weighted by Gasteiger charge is 2.10. The molecule has 2 rings (SSSR count). The van der Waals surface area contributed by atoms with Gasteiger partial charge in [0.05, 0.1) is 0 Å². The molecule has 0 heteroatoms. The van der Waals surface area contributed by atoms with Crippen LogP contribution >= 0.6 is 0 Å². The Kier molecular flexibility index (Phi) is 13.7. The Bertz CT molecular complexity index is 698. The lowest BCUT2D eigenvalue weighted by Crippen LogP contribution is -1.96. The summed E-state index contributed by atoms with van der Waals surface area (Å²) in [5.74, 6) is 0.663. The van der Waals surface area contributed by atoms with Gasteiger partial charge in [-0.15, -0.1) is 0 Å². The predicted octanol–water partition coefficient (Wildman–Crippen LogP) is 10.9. The van der Waals surface area contributed by atoms with Crippen molar-refractivity contribution in [3.8, 4) is 0 Å². The second kappa shape index (κ2) is 16.3. The predicted molar refractivity (Wildman–Crippen MR) is 141 cm³/mol. The summed E-state index contributed by atoms with van der Waals surface area (Å²) in [6, 6.07) is 13.6. The van der Waals surface area contributed by atoms with Crippen LogP contribution in [0, 0.1) is 6.92 Å². The molecule has 0 aromatic heterocycles. The molecule has 1 atom stereocenters. The third kappa shape index (κ3) is 10.7. The van der Waals surface area contributed by atoms with E-state index in [9.17, 15) is 0 Å². The van der Waals surface area contributed by atoms with Crippen LogP contribution in [0.2, 0.25) is 0 Å². The summed E-state index contributed by atoms with van der Waals surface area (Å²) in [6.45, 7) is 6.96. The highest BCUT2D eigenvalue weighted by molar-refractivity contribution is 5.86. The van der Waals surface area contributed by atoms with Crippen LogP contribution in [0.15, 0.2) is 36.4 Å². The Morgan fingerprint density at radius 2 is 1.10 bits per heavy atom. The van der Waals surface area contributed by atoms with Crippen LogP contribution in [0.1, 0.15) is 140 Å². The molecular weight excluding hydrogens is 372 g/mol. The standard InChI is InChI=1S/C31H50/c1-4-5-6-7-8-9-10-11-12-13-14-15-16-17-18-19-22-28(3)31-26-27(2)25-29-23-20-21-24-30(29)31/h20-21,23-26,28H,4-19,22H2,1-3H3. The van der Waals surface area contributed by atoms with E-state index in [1.165, 1.54) is 125 Å². The van der Waals surface area contributed by atoms with Crippen LogP contribution in [0.4, 0.5) is 0 Å². The van der Waals surface area contributed by atoms with E-state index in [0.29, 0.717) is 5.92 Å². The minimum Gasteiger partial charge on any atom is -0.0654 e. The molecule has 0 nitrogen and oxygen atoms in total. The molecule has 1 unspecified atom stereocenters. The first kappa shape index (κ1) is 26.0. The summed E-state index contributed by atoms with van der Waals surface area (Å²) < 4.78 is 0. The van der Waals surface area contributed by atoms with E-state index in [0.717, 1.165) is 0 Å². The number of rotatable bonds is 18. The minimum atomic E-state index is 0.663. The Balaban J connectivity index is 1.45. The molecule has 2 aromatic carbocycles. The van der Waals surface area contributed by atoms with Crippen molar-refractivity contribution < 1.29 is 0 Å². The molecule has 0 bridgehead atoms. The van der Waals surface area contributed by atoms with Gasteiger partial charge in [-0.25, -0.2) is 0 Å². The zero-order chi connectivity index (χ0) is 22.2. The van der Waals surface area contributed by atoms with Crippen LogP contribution in [-0.4, -0.2) is 0 Å². The molecule has 0 aliphatic rings. The van der Waals surface area contributed by atoms with E-state index >= 15 is 0 Å². The van der Waals surface area contributed by atoms with Crippen LogP contribution in [0.25, 0.3) is 10.8 Å². The van der Waals surface area contributed by atoms with Crippen molar-refractivity contribution >= 4 is 10.8 Å². The molecule has 0 fully saturated rings. The number of benzene rings is 2. The maximum Gasteiger partial charge on any atom is -0.0149 e. The van der Waals surface area contributed by atoms with Gasteiger partial charge in [0.15, 0.2) is 0 Å². The van der Waals surface area contributed by atoms with Crippen LogP contribution < -0.4 is 0 Å². The first-order valence-electron chi connectivity index (χ1n) is 13.7. The number of unbranched alkanes of at least 4 members (excludes halogenated alkanes) is 15. The topological polar surface area (TPSA) is 0 Å². The molecule has 174 valence electrons. The normalized spacial score (nSPS) is 12.5. The van der Waals surface area contributed by atoms with Gasteiger partial charge in [0.1, 0.15) is 0 Å². The van der Waals surface area contributed by atoms with Gasteiger partial charge in [-0.05, 0) is 35.6 Å². The molecule has 0 heterocycles. The van der Waals surface area contributed by atoms with E-state index < -0.39 is 0 Å². The quantitative estimate of drug-likeness (QED) is 0.209. The molecule has 31 heavy (non-hydrogen) atoms. The van der Waals surface area contributed by atoms with Gasteiger partial charge in [-0.1, -0.05) is 159 Å². The average molecular weight is 423 g/mol. The maximum atomic E-state index is 2.42. The van der Waals surface area contributed by atoms with Gasteiger partial charge in [-0.2, -0.15) is 0 Å². The zero-order valence-electron chi connectivity index (χ0n) is 21.1. The highest BCUT2D eigenvalue weighted by atomic mass is 14.1. The molecule has 0 saturated carbocycles. The van der Waals surface area contributed by atoms with Crippen molar-refractivity contribution in [3.63, 3.8) is 0 Å². The number of hydrogen-bond donors (Lipinski definition) is 0. The lowest BCUT2D eigenvalue weighted by Gasteiger charge is -2.16. The van der Waals surface area contributed by atoms with Gasteiger partial charge in [0.25, 0.3) is 0 Å². The summed E-state index contributed by atoms with van der Waals surface area (Å²) >= 11 is 0. The smallest absolute Gasteiger partial charge is 0.0149 e. The fraction of sp³-hybridized carbons (Fsp3) is 0.677. The number of fused-ring (bicyclic) bond motifs is 1. The molecule has 2 aromatic rings. The fourth-order valence-corrected chi connectivity index (χ4v) is 5.06. The number of hydrogen-bond acceptors (Lipinski definition) is 0. The van der Waals surface area contributed by atoms with Crippen molar-refractivity contribution in [3.05, 3.63) is 47.5 Å². The molecular formula is C31H50. The van der Waals surface area contributed by atoms with Crippen molar-refractivity contribution in [1.82, 2.24) is 0 Å². The lowest BCUT2D eigenvalue weighted by molar-refractivity contribution is 0.521. The fourth-order valence-electron chi connectivity index (χ4n) is 5.06. The van der Waals surface area contributed by atoms with E-state index in [-0.39, 0.29) is 0 Å². The van der Waals surface area contributed by atoms with Gasteiger partial charge in [0, 0.05) is 0 Å². The minimum absolute atomic E-state index is 0.663. The maximum absolute atomic E-state index is 2.42. The summed E-state index contributed by atoms with van der Waals surface area (Å²) in [5.41, 5.74) is 2.95. The summed E-state index contributed by atoms with van der Waals surface area (Å²) in [6.07, 6.45) is 24.4. The zero-order valence-corrected chi connectivity index (χ0v) is 21.1. The first-order chi connectivity index (χ1) is 15.2. The van der Waals surface area contributed by atoms with E-state index in [2.05, 4.69) is 57.2 Å². The highest BCUT2D eigenvalue weighted by Crippen LogP contribution is 2.30. The van der Waals surface area contributed by atoms with Crippen LogP contribution in [0.3, 0.4) is 0 Å². The Morgan fingerprint density at radius 3 is 1.65 bits per heavy atom. The third-order valence-corrected chi connectivity index (χ3v) is 7.06. The molecule has 0 spiro atoms. The van der Waals surface area contributed by atoms with Crippen molar-refractivity contribution in [2.24, 2.45) is 0 Å². The van der Waals surface area contributed by atoms with Gasteiger partial charge in [0.2, 0.25) is 0 Å². The average Bonchev–Trinajstić information content (AvgIpc) is 2.78. The monoisotopic (exact) mass is 422 g/mol. The van der Waals surface area contributed by atoms with Crippen LogP contribution in [0.5, 0.6) is 0 Å². The van der Waals surface area contributed by atoms with E-state index in [1.54, 1.807) is 5.56 Å². The number of aryl methyl sites for hydroxylation is 1. The Hall–Kier alpha value is -1.30. The van der Waals surface area contributed by atoms with Crippen molar-refractivity contribution in [1.29, 1.82) is 0 Å². The first-order valence-corrected chi connectivity index (χ1v) is 13.7. The summed E-state index contributed by atoms with van der Waals surface area (Å²) in [5, 5.41) is 2.86. The second-order valence-electron chi connectivity index (χ2n) is 10.1. The largest absolute Gasteiger partial charge is 0.0654 e. The second-order valence-corrected chi connectivity index (χ2v) is 10.1. The SMILES string of the molecule is CCCCCCCCCCCCCCCCCCC(C)c1cc(C)cc2ccccc12. The van der Waals surface area contributed by atoms with E-state index in [4.69, 9.17) is 0 Å². The Morgan fingerprint density at radius 1 is 0.613 bits per heavy atom. The van der Waals surface area contributed by atoms with Gasteiger partial charge in [-0.3, -0.25) is 0 Å². The van der Waals surface area contributed by atoms with Gasteiger partial charge >= 0.3 is 0 Å². The molecule has 0 amide bonds. The van der Waals surface area contributed by atoms with Crippen molar-refractivity contribution in [2.45, 2.75) is 136 Å². The molecule has 0 radical (unpaired) electrons. The van der Waals surface area contributed by atoms with Gasteiger partial charge < -0.3 is 0 Å². The third-order valence-electron chi connectivity index (χ3n) is 7.06. The lowest BCUT2D eigenvalue weighted by atomic mass is 9.89. The molecule has 0 aliphatic heterocycles.